The van der Waals surface area contributed by atoms with E-state index in [-0.39, 0.29) is 6.04 Å². The number of nitrogens with zero attached hydrogens (tertiary/aromatic N) is 1. The molecule has 0 radical (unpaired) electrons. The van der Waals surface area contributed by atoms with Crippen molar-refractivity contribution in [2.75, 3.05) is 7.11 Å². The van der Waals surface area contributed by atoms with E-state index >= 15 is 0 Å². The molecule has 2 aromatic carbocycles. The van der Waals surface area contributed by atoms with E-state index in [0.29, 0.717) is 0 Å². The summed E-state index contributed by atoms with van der Waals surface area (Å²) in [5.41, 5.74) is 2.48. The van der Waals surface area contributed by atoms with Crippen molar-refractivity contribution in [3.05, 3.63) is 65.7 Å². The molecule has 0 aromatic heterocycles. The Kier molecular flexibility index (Phi) is 4.73. The Bertz CT molecular complexity index is 517. The van der Waals surface area contributed by atoms with Gasteiger partial charge < -0.3 is 4.74 Å². The first-order valence-corrected chi connectivity index (χ1v) is 6.49. The number of aliphatic imine (C=N–C) groups is 1. The van der Waals surface area contributed by atoms with Crippen LogP contribution in [-0.4, -0.2) is 13.3 Å². The van der Waals surface area contributed by atoms with Gasteiger partial charge in [0.05, 0.1) is 13.2 Å². The molecule has 2 nitrogen and oxygen atoms in total. The van der Waals surface area contributed by atoms with Gasteiger partial charge in [0.2, 0.25) is 0 Å². The Morgan fingerprint density at radius 3 is 2.37 bits per heavy atom. The second-order valence-corrected chi connectivity index (χ2v) is 4.47. The number of rotatable bonds is 5. The number of hydrogen-bond donors (Lipinski definition) is 0. The lowest BCUT2D eigenvalue weighted by Gasteiger charge is -2.06. The molecule has 0 aliphatic rings. The molecule has 0 heterocycles. The zero-order valence-corrected chi connectivity index (χ0v) is 11.4. The minimum Gasteiger partial charge on any atom is -0.497 e. The molecule has 0 amide bonds. The predicted octanol–water partition coefficient (Wildman–Crippen LogP) is 4.07. The summed E-state index contributed by atoms with van der Waals surface area (Å²) in [6.07, 6.45) is 2.83. The van der Waals surface area contributed by atoms with E-state index in [2.05, 4.69) is 36.2 Å². The number of methoxy groups -OCH3 is 1. The van der Waals surface area contributed by atoms with Crippen LogP contribution in [-0.2, 0) is 6.42 Å². The Morgan fingerprint density at radius 1 is 1.05 bits per heavy atom. The van der Waals surface area contributed by atoms with Gasteiger partial charge in [-0.05, 0) is 30.2 Å². The van der Waals surface area contributed by atoms with Gasteiger partial charge in [0.25, 0.3) is 0 Å². The van der Waals surface area contributed by atoms with Gasteiger partial charge in [0, 0.05) is 12.6 Å². The topological polar surface area (TPSA) is 21.6 Å². The third kappa shape index (κ3) is 3.95. The lowest BCUT2D eigenvalue weighted by atomic mass is 10.1. The molecular weight excluding hydrogens is 234 g/mol. The van der Waals surface area contributed by atoms with Crippen LogP contribution in [0.15, 0.2) is 59.6 Å². The number of hydrogen-bond acceptors (Lipinski definition) is 2. The third-order valence-corrected chi connectivity index (χ3v) is 3.10. The largest absolute Gasteiger partial charge is 0.497 e. The van der Waals surface area contributed by atoms with Crippen LogP contribution in [0.2, 0.25) is 0 Å². The van der Waals surface area contributed by atoms with Crippen LogP contribution in [0.4, 0.5) is 0 Å². The second-order valence-electron chi connectivity index (χ2n) is 4.47. The molecule has 0 saturated carbocycles. The molecule has 19 heavy (non-hydrogen) atoms. The smallest absolute Gasteiger partial charge is 0.118 e. The molecule has 0 fully saturated rings. The standard InChI is InChI=1S/C17H19NO/c1-14(16-6-4-3-5-7-16)18-13-12-15-8-10-17(19-2)11-9-15/h3-11,13-14H,12H2,1-2H3/t14-/m0/s1. The summed E-state index contributed by atoms with van der Waals surface area (Å²) in [6, 6.07) is 18.6. The summed E-state index contributed by atoms with van der Waals surface area (Å²) in [7, 11) is 1.68. The lowest BCUT2D eigenvalue weighted by molar-refractivity contribution is 0.414. The van der Waals surface area contributed by atoms with Gasteiger partial charge >= 0.3 is 0 Å². The quantitative estimate of drug-likeness (QED) is 0.736. The van der Waals surface area contributed by atoms with Crippen molar-refractivity contribution in [3.8, 4) is 5.75 Å². The van der Waals surface area contributed by atoms with Crippen molar-refractivity contribution in [2.45, 2.75) is 19.4 Å². The van der Waals surface area contributed by atoms with Gasteiger partial charge in [-0.3, -0.25) is 4.99 Å². The van der Waals surface area contributed by atoms with E-state index in [1.165, 1.54) is 11.1 Å². The summed E-state index contributed by atoms with van der Waals surface area (Å²) in [5.74, 6) is 0.887. The van der Waals surface area contributed by atoms with Crippen molar-refractivity contribution in [3.63, 3.8) is 0 Å². The highest BCUT2D eigenvalue weighted by Gasteiger charge is 2.00. The maximum atomic E-state index is 5.14. The zero-order valence-electron chi connectivity index (χ0n) is 11.4. The van der Waals surface area contributed by atoms with Gasteiger partial charge in [0.1, 0.15) is 5.75 Å². The van der Waals surface area contributed by atoms with Crippen molar-refractivity contribution < 1.29 is 4.74 Å². The van der Waals surface area contributed by atoms with Crippen LogP contribution in [0.3, 0.4) is 0 Å². The zero-order chi connectivity index (χ0) is 13.5. The first kappa shape index (κ1) is 13.3. The molecule has 2 aromatic rings. The highest BCUT2D eigenvalue weighted by Crippen LogP contribution is 2.15. The summed E-state index contributed by atoms with van der Waals surface area (Å²) >= 11 is 0. The molecule has 0 unspecified atom stereocenters. The second kappa shape index (κ2) is 6.74. The predicted molar refractivity (Wildman–Crippen MR) is 80.0 cm³/mol. The van der Waals surface area contributed by atoms with Crippen molar-refractivity contribution in [1.29, 1.82) is 0 Å². The first-order valence-electron chi connectivity index (χ1n) is 6.49. The highest BCUT2D eigenvalue weighted by atomic mass is 16.5. The van der Waals surface area contributed by atoms with E-state index in [9.17, 15) is 0 Å². The Balaban J connectivity index is 1.92. The summed E-state index contributed by atoms with van der Waals surface area (Å²) in [5, 5.41) is 0. The summed E-state index contributed by atoms with van der Waals surface area (Å²) in [4.78, 5) is 4.58. The van der Waals surface area contributed by atoms with Crippen molar-refractivity contribution in [1.82, 2.24) is 0 Å². The van der Waals surface area contributed by atoms with Crippen LogP contribution in [0.1, 0.15) is 24.1 Å². The Labute approximate surface area is 114 Å². The molecule has 98 valence electrons. The average Bonchev–Trinajstić information content (AvgIpc) is 2.49. The Morgan fingerprint density at radius 2 is 1.74 bits per heavy atom. The molecule has 1 atom stereocenters. The molecule has 0 N–H and O–H groups in total. The fourth-order valence-electron chi connectivity index (χ4n) is 1.90. The van der Waals surface area contributed by atoms with E-state index in [4.69, 9.17) is 4.74 Å². The maximum absolute atomic E-state index is 5.14. The average molecular weight is 253 g/mol. The highest BCUT2D eigenvalue weighted by molar-refractivity contribution is 5.62. The molecule has 2 rings (SSSR count). The molecule has 0 bridgehead atoms. The molecule has 2 heteroatoms. The van der Waals surface area contributed by atoms with Crippen molar-refractivity contribution in [2.24, 2.45) is 4.99 Å². The fraction of sp³-hybridized carbons (Fsp3) is 0.235. The summed E-state index contributed by atoms with van der Waals surface area (Å²) < 4.78 is 5.14. The molecule has 0 aliphatic carbocycles. The van der Waals surface area contributed by atoms with Crippen LogP contribution in [0.5, 0.6) is 5.75 Å². The van der Waals surface area contributed by atoms with Crippen LogP contribution >= 0.6 is 0 Å². The molecule has 0 saturated heterocycles. The monoisotopic (exact) mass is 253 g/mol. The van der Waals surface area contributed by atoms with Gasteiger partial charge in [0.15, 0.2) is 0 Å². The van der Waals surface area contributed by atoms with E-state index in [1.807, 2.05) is 36.5 Å². The van der Waals surface area contributed by atoms with Crippen LogP contribution in [0, 0.1) is 0 Å². The number of benzene rings is 2. The van der Waals surface area contributed by atoms with Crippen LogP contribution in [0.25, 0.3) is 0 Å². The van der Waals surface area contributed by atoms with Gasteiger partial charge in [-0.25, -0.2) is 0 Å². The van der Waals surface area contributed by atoms with Gasteiger partial charge in [-0.15, -0.1) is 0 Å². The minimum atomic E-state index is 0.208. The first-order chi connectivity index (χ1) is 9.29. The van der Waals surface area contributed by atoms with Crippen LogP contribution < -0.4 is 4.74 Å². The van der Waals surface area contributed by atoms with Gasteiger partial charge in [-0.2, -0.15) is 0 Å². The lowest BCUT2D eigenvalue weighted by Crippen LogP contribution is -1.92. The normalized spacial score (nSPS) is 12.5. The Hall–Kier alpha value is -2.09. The van der Waals surface area contributed by atoms with Crippen molar-refractivity contribution >= 4 is 6.21 Å². The van der Waals surface area contributed by atoms with E-state index in [0.717, 1.165) is 12.2 Å². The molecule has 0 aliphatic heterocycles. The molecular formula is C17H19NO. The fourth-order valence-corrected chi connectivity index (χ4v) is 1.90. The summed E-state index contributed by atoms with van der Waals surface area (Å²) in [6.45, 7) is 2.11. The number of ether oxygens (including phenoxy) is 1. The van der Waals surface area contributed by atoms with E-state index < -0.39 is 0 Å². The minimum absolute atomic E-state index is 0.208. The SMILES string of the molecule is COc1ccc(CC=N[C@@H](C)c2ccccc2)cc1. The van der Waals surface area contributed by atoms with E-state index in [1.54, 1.807) is 7.11 Å². The maximum Gasteiger partial charge on any atom is 0.118 e. The third-order valence-electron chi connectivity index (χ3n) is 3.10. The van der Waals surface area contributed by atoms with Gasteiger partial charge in [-0.1, -0.05) is 42.5 Å². The molecule has 0 spiro atoms.